The third-order valence-electron chi connectivity index (χ3n) is 6.02. The van der Waals surface area contributed by atoms with Gasteiger partial charge in [-0.15, -0.1) is 10.2 Å². The molecule has 1 aromatic carbocycles. The minimum absolute atomic E-state index is 0.0338. The first-order valence-electron chi connectivity index (χ1n) is 11.0. The molecule has 0 bridgehead atoms. The van der Waals surface area contributed by atoms with Crippen LogP contribution >= 0.6 is 11.8 Å². The van der Waals surface area contributed by atoms with Crippen molar-refractivity contribution in [2.75, 3.05) is 17.3 Å². The lowest BCUT2D eigenvalue weighted by atomic mass is 10.2. The summed E-state index contributed by atoms with van der Waals surface area (Å²) in [5.74, 6) is 1.07. The maximum atomic E-state index is 13.2. The van der Waals surface area contributed by atoms with Crippen molar-refractivity contribution in [3.8, 4) is 17.1 Å². The highest BCUT2D eigenvalue weighted by atomic mass is 32.2. The number of carbonyl (C=O) groups excluding carboxylic acids is 1. The van der Waals surface area contributed by atoms with Crippen LogP contribution in [0.1, 0.15) is 24.8 Å². The Hall–Kier alpha value is -2.72. The maximum Gasteiger partial charge on any atom is 0.233 e. The van der Waals surface area contributed by atoms with E-state index >= 15 is 0 Å². The number of aryl methyl sites for hydroxylation is 1. The standard InChI is InChI=1S/C23H25N5O3S2/c1-16-2-4-19(5-3-16)28-22(17-8-11-24-12-9-17)25-26-23(28)32-14-21(29)27(18-6-7-18)20-10-13-33(30,31)15-20/h2-5,8-9,11-12,18,20H,6-7,10,13-15H2,1H3. The van der Waals surface area contributed by atoms with Gasteiger partial charge in [-0.2, -0.15) is 0 Å². The van der Waals surface area contributed by atoms with E-state index in [0.29, 0.717) is 17.4 Å². The van der Waals surface area contributed by atoms with Crippen LogP contribution in [0.2, 0.25) is 0 Å². The van der Waals surface area contributed by atoms with Crippen LogP contribution in [0.25, 0.3) is 17.1 Å². The number of hydrogen-bond acceptors (Lipinski definition) is 7. The molecule has 172 valence electrons. The zero-order valence-electron chi connectivity index (χ0n) is 18.3. The summed E-state index contributed by atoms with van der Waals surface area (Å²) < 4.78 is 25.9. The summed E-state index contributed by atoms with van der Waals surface area (Å²) in [6.07, 6.45) is 5.84. The number of sulfone groups is 1. The predicted octanol–water partition coefficient (Wildman–Crippen LogP) is 2.91. The summed E-state index contributed by atoms with van der Waals surface area (Å²) in [7, 11) is -3.05. The van der Waals surface area contributed by atoms with Crippen molar-refractivity contribution in [2.45, 2.75) is 43.4 Å². The van der Waals surface area contributed by atoms with Crippen LogP contribution in [0.15, 0.2) is 53.9 Å². The maximum absolute atomic E-state index is 13.2. The first-order chi connectivity index (χ1) is 15.9. The fraction of sp³-hybridized carbons (Fsp3) is 0.391. The third kappa shape index (κ3) is 4.81. The van der Waals surface area contributed by atoms with Gasteiger partial charge in [-0.3, -0.25) is 14.3 Å². The molecule has 1 saturated heterocycles. The largest absolute Gasteiger partial charge is 0.335 e. The lowest BCUT2D eigenvalue weighted by molar-refractivity contribution is -0.130. The Morgan fingerprint density at radius 1 is 1.06 bits per heavy atom. The van der Waals surface area contributed by atoms with E-state index in [2.05, 4.69) is 15.2 Å². The Morgan fingerprint density at radius 2 is 1.79 bits per heavy atom. The van der Waals surface area contributed by atoms with Crippen molar-refractivity contribution in [1.82, 2.24) is 24.6 Å². The van der Waals surface area contributed by atoms with Gasteiger partial charge >= 0.3 is 0 Å². The Morgan fingerprint density at radius 3 is 2.42 bits per heavy atom. The summed E-state index contributed by atoms with van der Waals surface area (Å²) in [5, 5.41) is 9.42. The van der Waals surface area contributed by atoms with Crippen molar-refractivity contribution in [2.24, 2.45) is 0 Å². The van der Waals surface area contributed by atoms with Crippen molar-refractivity contribution in [1.29, 1.82) is 0 Å². The first kappa shape index (κ1) is 22.1. The molecule has 8 nitrogen and oxygen atoms in total. The summed E-state index contributed by atoms with van der Waals surface area (Å²) in [5.41, 5.74) is 2.94. The van der Waals surface area contributed by atoms with Crippen molar-refractivity contribution in [3.63, 3.8) is 0 Å². The summed E-state index contributed by atoms with van der Waals surface area (Å²) >= 11 is 1.33. The van der Waals surface area contributed by atoms with Gasteiger partial charge in [0, 0.05) is 35.7 Å². The van der Waals surface area contributed by atoms with Gasteiger partial charge in [-0.1, -0.05) is 29.5 Å². The van der Waals surface area contributed by atoms with E-state index in [9.17, 15) is 13.2 Å². The zero-order valence-corrected chi connectivity index (χ0v) is 19.9. The summed E-state index contributed by atoms with van der Waals surface area (Å²) in [6.45, 7) is 2.03. The third-order valence-corrected chi connectivity index (χ3v) is 8.68. The van der Waals surface area contributed by atoms with Crippen LogP contribution in [-0.2, 0) is 14.6 Å². The van der Waals surface area contributed by atoms with Crippen LogP contribution < -0.4 is 0 Å². The quantitative estimate of drug-likeness (QED) is 0.477. The van der Waals surface area contributed by atoms with E-state index in [1.54, 1.807) is 12.4 Å². The second-order valence-electron chi connectivity index (χ2n) is 8.59. The van der Waals surface area contributed by atoms with Gasteiger partial charge in [0.1, 0.15) is 0 Å². The Labute approximate surface area is 197 Å². The predicted molar refractivity (Wildman–Crippen MR) is 127 cm³/mol. The number of carbonyl (C=O) groups is 1. The average molecular weight is 484 g/mol. The second-order valence-corrected chi connectivity index (χ2v) is 11.8. The molecule has 5 rings (SSSR count). The Balaban J connectivity index is 1.41. The van der Waals surface area contributed by atoms with Gasteiger partial charge < -0.3 is 4.90 Å². The van der Waals surface area contributed by atoms with Crippen molar-refractivity contribution >= 4 is 27.5 Å². The van der Waals surface area contributed by atoms with E-state index in [-0.39, 0.29) is 35.2 Å². The number of pyridine rings is 1. The van der Waals surface area contributed by atoms with Crippen LogP contribution in [0, 0.1) is 6.92 Å². The molecule has 1 saturated carbocycles. The highest BCUT2D eigenvalue weighted by Gasteiger charge is 2.42. The van der Waals surface area contributed by atoms with Gasteiger partial charge in [0.25, 0.3) is 0 Å². The normalized spacial score (nSPS) is 19.5. The van der Waals surface area contributed by atoms with Gasteiger partial charge in [0.05, 0.1) is 17.3 Å². The first-order valence-corrected chi connectivity index (χ1v) is 13.8. The monoisotopic (exact) mass is 483 g/mol. The number of aromatic nitrogens is 4. The molecule has 10 heteroatoms. The summed E-state index contributed by atoms with van der Waals surface area (Å²) in [4.78, 5) is 19.1. The van der Waals surface area contributed by atoms with E-state index in [4.69, 9.17) is 0 Å². The number of amides is 1. The van der Waals surface area contributed by atoms with E-state index in [1.165, 1.54) is 11.8 Å². The highest BCUT2D eigenvalue weighted by Crippen LogP contribution is 2.34. The molecule has 1 unspecified atom stereocenters. The number of benzene rings is 1. The van der Waals surface area contributed by atoms with Gasteiger partial charge in [0.15, 0.2) is 20.8 Å². The lowest BCUT2D eigenvalue weighted by Gasteiger charge is -2.28. The minimum Gasteiger partial charge on any atom is -0.335 e. The van der Waals surface area contributed by atoms with E-state index < -0.39 is 9.84 Å². The zero-order chi connectivity index (χ0) is 23.0. The molecule has 2 fully saturated rings. The fourth-order valence-corrected chi connectivity index (χ4v) is 6.76. The van der Waals surface area contributed by atoms with E-state index in [1.807, 2.05) is 52.8 Å². The molecule has 0 spiro atoms. The molecule has 1 atom stereocenters. The van der Waals surface area contributed by atoms with E-state index in [0.717, 1.165) is 29.7 Å². The topological polar surface area (TPSA) is 98.1 Å². The number of thioether (sulfide) groups is 1. The minimum atomic E-state index is -3.05. The van der Waals surface area contributed by atoms with Crippen LogP contribution in [0.4, 0.5) is 0 Å². The van der Waals surface area contributed by atoms with Crippen LogP contribution in [-0.4, -0.2) is 68.3 Å². The molecule has 1 aliphatic carbocycles. The van der Waals surface area contributed by atoms with Crippen molar-refractivity contribution in [3.05, 3.63) is 54.4 Å². The SMILES string of the molecule is Cc1ccc(-n2c(SCC(=O)N(C3CC3)C3CCS(=O)(=O)C3)nnc2-c2ccncc2)cc1. The second kappa shape index (κ2) is 8.90. The fourth-order valence-electron chi connectivity index (χ4n) is 4.23. The van der Waals surface area contributed by atoms with Crippen LogP contribution in [0.3, 0.4) is 0 Å². The Bertz CT molecular complexity index is 1260. The average Bonchev–Trinajstić information content (AvgIpc) is 3.44. The molecule has 3 aromatic rings. The smallest absolute Gasteiger partial charge is 0.233 e. The molecule has 3 heterocycles. The van der Waals surface area contributed by atoms with Gasteiger partial charge in [-0.05, 0) is 50.5 Å². The molecule has 2 aromatic heterocycles. The number of nitrogens with zero attached hydrogens (tertiary/aromatic N) is 5. The van der Waals surface area contributed by atoms with Gasteiger partial charge in [-0.25, -0.2) is 8.42 Å². The molecule has 0 N–H and O–H groups in total. The van der Waals surface area contributed by atoms with Crippen molar-refractivity contribution < 1.29 is 13.2 Å². The number of rotatable bonds is 7. The highest BCUT2D eigenvalue weighted by molar-refractivity contribution is 7.99. The molecular formula is C23H25N5O3S2. The molecule has 2 aliphatic rings. The van der Waals surface area contributed by atoms with Gasteiger partial charge in [0.2, 0.25) is 5.91 Å². The lowest BCUT2D eigenvalue weighted by Crippen LogP contribution is -2.43. The molecule has 0 radical (unpaired) electrons. The summed E-state index contributed by atoms with van der Waals surface area (Å²) in [6, 6.07) is 11.8. The molecular weight excluding hydrogens is 458 g/mol. The van der Waals surface area contributed by atoms with Crippen LogP contribution in [0.5, 0.6) is 0 Å². The molecule has 33 heavy (non-hydrogen) atoms. The molecule has 1 amide bonds. The Kier molecular flexibility index (Phi) is 5.96. The molecule has 1 aliphatic heterocycles. The number of hydrogen-bond donors (Lipinski definition) is 0.